The summed E-state index contributed by atoms with van der Waals surface area (Å²) in [4.78, 5) is 0. The molecule has 1 aliphatic heterocycles. The van der Waals surface area contributed by atoms with Crippen molar-refractivity contribution in [2.45, 2.75) is 19.4 Å². The van der Waals surface area contributed by atoms with Crippen LogP contribution in [-0.4, -0.2) is 19.8 Å². The third-order valence-corrected chi connectivity index (χ3v) is 4.26. The van der Waals surface area contributed by atoms with Crippen molar-refractivity contribution in [3.63, 3.8) is 0 Å². The highest BCUT2D eigenvalue weighted by molar-refractivity contribution is 9.11. The quantitative estimate of drug-likeness (QED) is 0.842. The van der Waals surface area contributed by atoms with E-state index in [0.29, 0.717) is 0 Å². The fourth-order valence-electron chi connectivity index (χ4n) is 1.79. The van der Waals surface area contributed by atoms with Crippen LogP contribution in [0.4, 0.5) is 0 Å². The number of rotatable bonds is 5. The summed E-state index contributed by atoms with van der Waals surface area (Å²) in [5.41, 5.74) is 1.37. The van der Waals surface area contributed by atoms with Gasteiger partial charge in [0.2, 0.25) is 0 Å². The average Bonchev–Trinajstić information content (AvgIpc) is 2.84. The van der Waals surface area contributed by atoms with E-state index in [-0.39, 0.29) is 0 Å². The van der Waals surface area contributed by atoms with Crippen LogP contribution >= 0.6 is 27.3 Å². The Morgan fingerprint density at radius 2 is 2.53 bits per heavy atom. The van der Waals surface area contributed by atoms with Gasteiger partial charge in [-0.1, -0.05) is 0 Å². The monoisotopic (exact) mass is 289 g/mol. The van der Waals surface area contributed by atoms with Crippen LogP contribution in [0.2, 0.25) is 0 Å². The van der Waals surface area contributed by atoms with E-state index in [0.717, 1.165) is 32.2 Å². The van der Waals surface area contributed by atoms with Crippen molar-refractivity contribution in [3.8, 4) is 0 Å². The van der Waals surface area contributed by atoms with Crippen LogP contribution in [0.25, 0.3) is 0 Å². The summed E-state index contributed by atoms with van der Waals surface area (Å²) < 4.78 is 6.56. The van der Waals surface area contributed by atoms with Crippen molar-refractivity contribution in [3.05, 3.63) is 20.8 Å². The molecule has 0 amide bonds. The van der Waals surface area contributed by atoms with Gasteiger partial charge >= 0.3 is 0 Å². The highest BCUT2D eigenvalue weighted by atomic mass is 79.9. The lowest BCUT2D eigenvalue weighted by atomic mass is 10.1. The van der Waals surface area contributed by atoms with Crippen molar-refractivity contribution in [1.29, 1.82) is 0 Å². The average molecular weight is 290 g/mol. The highest BCUT2D eigenvalue weighted by Gasteiger charge is 2.14. The smallest absolute Gasteiger partial charge is 0.0701 e. The zero-order valence-electron chi connectivity index (χ0n) is 8.67. The molecule has 2 heterocycles. The summed E-state index contributed by atoms with van der Waals surface area (Å²) in [5, 5.41) is 5.66. The molecule has 15 heavy (non-hydrogen) atoms. The predicted molar refractivity (Wildman–Crippen MR) is 67.3 cm³/mol. The minimum Gasteiger partial charge on any atom is -0.381 e. The van der Waals surface area contributed by atoms with Crippen LogP contribution in [0.1, 0.15) is 18.4 Å². The molecule has 1 aromatic rings. The molecule has 0 saturated carbocycles. The van der Waals surface area contributed by atoms with Gasteiger partial charge in [-0.2, -0.15) is 0 Å². The number of hydrogen-bond donors (Lipinski definition) is 1. The molecular weight excluding hydrogens is 274 g/mol. The van der Waals surface area contributed by atoms with Crippen molar-refractivity contribution in [2.24, 2.45) is 5.92 Å². The molecular formula is C11H16BrNOS. The van der Waals surface area contributed by atoms with Gasteiger partial charge in [-0.15, -0.1) is 11.3 Å². The molecule has 0 aliphatic carbocycles. The summed E-state index contributed by atoms with van der Waals surface area (Å²) in [7, 11) is 0. The second-order valence-electron chi connectivity index (χ2n) is 3.95. The van der Waals surface area contributed by atoms with Crippen LogP contribution in [-0.2, 0) is 11.3 Å². The van der Waals surface area contributed by atoms with E-state index in [4.69, 9.17) is 4.74 Å². The van der Waals surface area contributed by atoms with Crippen LogP contribution in [0, 0.1) is 5.92 Å². The van der Waals surface area contributed by atoms with Gasteiger partial charge < -0.3 is 10.1 Å². The maximum Gasteiger partial charge on any atom is 0.0701 e. The summed E-state index contributed by atoms with van der Waals surface area (Å²) in [6.45, 7) is 4.00. The second kappa shape index (κ2) is 5.99. The number of hydrogen-bond acceptors (Lipinski definition) is 3. The lowest BCUT2D eigenvalue weighted by Gasteiger charge is -2.07. The molecule has 1 fully saturated rings. The first-order valence-corrected chi connectivity index (χ1v) is 7.03. The summed E-state index contributed by atoms with van der Waals surface area (Å²) in [6, 6.07) is 2.18. The van der Waals surface area contributed by atoms with Crippen LogP contribution in [0.3, 0.4) is 0 Å². The van der Waals surface area contributed by atoms with Crippen molar-refractivity contribution < 1.29 is 4.74 Å². The van der Waals surface area contributed by atoms with Crippen molar-refractivity contribution in [1.82, 2.24) is 5.32 Å². The molecule has 1 unspecified atom stereocenters. The molecule has 1 aliphatic rings. The topological polar surface area (TPSA) is 21.3 Å². The summed E-state index contributed by atoms with van der Waals surface area (Å²) in [5.74, 6) is 0.784. The Morgan fingerprint density at radius 3 is 3.20 bits per heavy atom. The van der Waals surface area contributed by atoms with Gasteiger partial charge in [-0.25, -0.2) is 0 Å². The van der Waals surface area contributed by atoms with E-state index in [1.54, 1.807) is 11.3 Å². The van der Waals surface area contributed by atoms with Gasteiger partial charge in [0.05, 0.1) is 3.79 Å². The van der Waals surface area contributed by atoms with E-state index in [9.17, 15) is 0 Å². The molecule has 1 saturated heterocycles. The molecule has 1 atom stereocenters. The molecule has 0 spiro atoms. The Balaban J connectivity index is 1.58. The lowest BCUT2D eigenvalue weighted by molar-refractivity contribution is 0.184. The van der Waals surface area contributed by atoms with E-state index in [2.05, 4.69) is 32.7 Å². The van der Waals surface area contributed by atoms with Crippen molar-refractivity contribution >= 4 is 27.3 Å². The zero-order chi connectivity index (χ0) is 10.5. The van der Waals surface area contributed by atoms with E-state index < -0.39 is 0 Å². The van der Waals surface area contributed by atoms with Crippen LogP contribution < -0.4 is 5.32 Å². The van der Waals surface area contributed by atoms with Crippen LogP contribution in [0.5, 0.6) is 0 Å². The second-order valence-corrected chi connectivity index (χ2v) is 6.24. The number of thiophene rings is 1. The number of nitrogens with one attached hydrogen (secondary N) is 1. The molecule has 1 aromatic heterocycles. The molecule has 0 radical (unpaired) electrons. The first-order chi connectivity index (χ1) is 7.34. The van der Waals surface area contributed by atoms with Gasteiger partial charge in [-0.3, -0.25) is 0 Å². The maximum atomic E-state index is 5.34. The van der Waals surface area contributed by atoms with Gasteiger partial charge in [0.1, 0.15) is 0 Å². The van der Waals surface area contributed by atoms with E-state index in [1.807, 2.05) is 0 Å². The molecule has 2 nitrogen and oxygen atoms in total. The Kier molecular flexibility index (Phi) is 4.62. The number of ether oxygens (including phenoxy) is 1. The summed E-state index contributed by atoms with van der Waals surface area (Å²) >= 11 is 5.21. The highest BCUT2D eigenvalue weighted by Crippen LogP contribution is 2.20. The molecule has 4 heteroatoms. The summed E-state index contributed by atoms with van der Waals surface area (Å²) in [6.07, 6.45) is 2.48. The molecule has 0 aromatic carbocycles. The minimum absolute atomic E-state index is 0.784. The standard InChI is InChI=1S/C11H16BrNOS/c12-11-5-10(8-15-11)6-13-3-1-9-2-4-14-7-9/h5,8-9,13H,1-4,6-7H2. The SMILES string of the molecule is Brc1cc(CNCCC2CCOC2)cs1. The van der Waals surface area contributed by atoms with Gasteiger partial charge in [-0.05, 0) is 58.2 Å². The third kappa shape index (κ3) is 3.87. The Labute approximate surface area is 103 Å². The third-order valence-electron chi connectivity index (χ3n) is 2.70. The first kappa shape index (κ1) is 11.6. The fraction of sp³-hybridized carbons (Fsp3) is 0.636. The van der Waals surface area contributed by atoms with Gasteiger partial charge in [0.15, 0.2) is 0 Å². The zero-order valence-corrected chi connectivity index (χ0v) is 11.1. The number of halogens is 1. The minimum atomic E-state index is 0.784. The molecule has 1 N–H and O–H groups in total. The Morgan fingerprint density at radius 1 is 1.60 bits per heavy atom. The first-order valence-electron chi connectivity index (χ1n) is 5.36. The normalized spacial score (nSPS) is 21.0. The van der Waals surface area contributed by atoms with Crippen molar-refractivity contribution in [2.75, 3.05) is 19.8 Å². The molecule has 2 rings (SSSR count). The van der Waals surface area contributed by atoms with Gasteiger partial charge in [0.25, 0.3) is 0 Å². The molecule has 84 valence electrons. The van der Waals surface area contributed by atoms with E-state index in [1.165, 1.54) is 22.2 Å². The van der Waals surface area contributed by atoms with Gasteiger partial charge in [0, 0.05) is 19.8 Å². The maximum absolute atomic E-state index is 5.34. The Bertz CT molecular complexity index is 297. The predicted octanol–water partition coefficient (Wildman–Crippen LogP) is 3.03. The fourth-order valence-corrected chi connectivity index (χ4v) is 3.00. The molecule has 0 bridgehead atoms. The largest absolute Gasteiger partial charge is 0.381 e. The lowest BCUT2D eigenvalue weighted by Crippen LogP contribution is -2.17. The van der Waals surface area contributed by atoms with E-state index >= 15 is 0 Å². The Hall–Kier alpha value is 0.1000. The van der Waals surface area contributed by atoms with Crippen LogP contribution in [0.15, 0.2) is 15.2 Å².